The number of carbonyl (C=O) groups is 1. The topological polar surface area (TPSA) is 88.2 Å². The Balaban J connectivity index is 2.91. The number of aliphatic hydroxyl groups is 1. The van der Waals surface area contributed by atoms with Gasteiger partial charge in [0.05, 0.1) is 17.4 Å². The van der Waals surface area contributed by atoms with Crippen molar-refractivity contribution in [3.63, 3.8) is 0 Å². The van der Waals surface area contributed by atoms with Crippen molar-refractivity contribution in [2.24, 2.45) is 5.41 Å². The van der Waals surface area contributed by atoms with Crippen molar-refractivity contribution in [3.05, 3.63) is 23.0 Å². The van der Waals surface area contributed by atoms with Crippen LogP contribution in [0.2, 0.25) is 5.15 Å². The monoisotopic (exact) mass is 285 g/mol. The van der Waals surface area contributed by atoms with Crippen LogP contribution in [0.4, 0.5) is 5.69 Å². The molecular weight excluding hydrogens is 266 g/mol. The fourth-order valence-corrected chi connectivity index (χ4v) is 1.88. The van der Waals surface area contributed by atoms with Crippen molar-refractivity contribution in [2.45, 2.75) is 33.2 Å². The second-order valence-electron chi connectivity index (χ2n) is 5.50. The zero-order valence-electron chi connectivity index (χ0n) is 11.4. The Kier molecular flexibility index (Phi) is 5.14. The number of aliphatic hydroxyl groups excluding tert-OH is 1. The summed E-state index contributed by atoms with van der Waals surface area (Å²) in [6.07, 6.45) is 1.84. The van der Waals surface area contributed by atoms with Gasteiger partial charge in [0.2, 0.25) is 0 Å². The molecule has 106 valence electrons. The number of aromatic nitrogens is 1. The highest BCUT2D eigenvalue weighted by molar-refractivity contribution is 6.29. The molecule has 1 amide bonds. The van der Waals surface area contributed by atoms with Crippen LogP contribution in [-0.2, 0) is 0 Å². The first kappa shape index (κ1) is 15.7. The first-order chi connectivity index (χ1) is 8.75. The molecule has 19 heavy (non-hydrogen) atoms. The molecule has 1 atom stereocenters. The van der Waals surface area contributed by atoms with Crippen molar-refractivity contribution in [1.82, 2.24) is 10.3 Å². The highest BCUT2D eigenvalue weighted by Gasteiger charge is 2.26. The van der Waals surface area contributed by atoms with E-state index in [0.29, 0.717) is 12.0 Å². The van der Waals surface area contributed by atoms with Crippen LogP contribution in [-0.4, -0.2) is 28.6 Å². The van der Waals surface area contributed by atoms with Crippen molar-refractivity contribution >= 4 is 23.2 Å². The lowest BCUT2D eigenvalue weighted by Crippen LogP contribution is -2.44. The fourth-order valence-electron chi connectivity index (χ4n) is 1.72. The number of rotatable bonds is 4. The Morgan fingerprint density at radius 1 is 1.58 bits per heavy atom. The number of hydrogen-bond donors (Lipinski definition) is 3. The summed E-state index contributed by atoms with van der Waals surface area (Å²) in [5.41, 5.74) is 6.13. The van der Waals surface area contributed by atoms with Crippen LogP contribution < -0.4 is 11.1 Å². The molecule has 0 aliphatic rings. The smallest absolute Gasteiger partial charge is 0.253 e. The summed E-state index contributed by atoms with van der Waals surface area (Å²) in [7, 11) is 0. The zero-order valence-corrected chi connectivity index (χ0v) is 12.2. The van der Waals surface area contributed by atoms with E-state index < -0.39 is 0 Å². The van der Waals surface area contributed by atoms with E-state index in [-0.39, 0.29) is 34.8 Å². The molecule has 1 rings (SSSR count). The number of halogens is 1. The molecule has 0 bridgehead atoms. The first-order valence-electron chi connectivity index (χ1n) is 6.08. The third-order valence-corrected chi connectivity index (χ3v) is 3.12. The zero-order chi connectivity index (χ0) is 14.6. The number of nitrogen functional groups attached to an aromatic ring is 1. The van der Waals surface area contributed by atoms with E-state index in [1.807, 2.05) is 20.8 Å². The van der Waals surface area contributed by atoms with Crippen LogP contribution >= 0.6 is 11.6 Å². The van der Waals surface area contributed by atoms with Gasteiger partial charge >= 0.3 is 0 Å². The van der Waals surface area contributed by atoms with Crippen LogP contribution in [0.1, 0.15) is 37.6 Å². The van der Waals surface area contributed by atoms with Gasteiger partial charge in [0, 0.05) is 12.6 Å². The average molecular weight is 286 g/mol. The molecule has 4 N–H and O–H groups in total. The molecule has 0 fully saturated rings. The summed E-state index contributed by atoms with van der Waals surface area (Å²) in [5.74, 6) is -0.310. The molecule has 0 aliphatic heterocycles. The van der Waals surface area contributed by atoms with Crippen molar-refractivity contribution in [2.75, 3.05) is 12.3 Å². The predicted octanol–water partition coefficient (Wildman–Crippen LogP) is 1.84. The van der Waals surface area contributed by atoms with E-state index in [9.17, 15) is 4.79 Å². The van der Waals surface area contributed by atoms with Crippen LogP contribution in [0.15, 0.2) is 12.3 Å². The van der Waals surface area contributed by atoms with E-state index in [2.05, 4.69) is 10.3 Å². The maximum atomic E-state index is 12.2. The molecular formula is C13H20ClN3O2. The summed E-state index contributed by atoms with van der Waals surface area (Å²) in [6.45, 7) is 6.00. The predicted molar refractivity (Wildman–Crippen MR) is 76.1 cm³/mol. The third kappa shape index (κ3) is 4.36. The van der Waals surface area contributed by atoms with Gasteiger partial charge in [-0.15, -0.1) is 0 Å². The first-order valence-corrected chi connectivity index (χ1v) is 6.46. The van der Waals surface area contributed by atoms with E-state index in [1.165, 1.54) is 12.3 Å². The minimum absolute atomic E-state index is 0.00873. The molecule has 6 heteroatoms. The number of nitrogens with two attached hydrogens (primary N) is 1. The summed E-state index contributed by atoms with van der Waals surface area (Å²) >= 11 is 5.76. The molecule has 1 unspecified atom stereocenters. The van der Waals surface area contributed by atoms with Gasteiger partial charge in [-0.25, -0.2) is 4.98 Å². The average Bonchev–Trinajstić information content (AvgIpc) is 2.30. The van der Waals surface area contributed by atoms with Gasteiger partial charge in [0.1, 0.15) is 5.15 Å². The van der Waals surface area contributed by atoms with E-state index in [4.69, 9.17) is 22.4 Å². The molecule has 0 aromatic carbocycles. The lowest BCUT2D eigenvalue weighted by molar-refractivity contribution is 0.0886. The highest BCUT2D eigenvalue weighted by Crippen LogP contribution is 2.23. The molecule has 0 spiro atoms. The Morgan fingerprint density at radius 3 is 2.74 bits per heavy atom. The summed E-state index contributed by atoms with van der Waals surface area (Å²) < 4.78 is 0. The standard InChI is InChI=1S/C13H20ClN3O2/c1-13(2,3)10(4-5-18)17-12(19)8-6-11(14)16-7-9(8)15/h6-7,10,18H,4-5,15H2,1-3H3,(H,17,19). The molecule has 0 radical (unpaired) electrons. The number of carbonyl (C=O) groups excluding carboxylic acids is 1. The SMILES string of the molecule is CC(C)(C)C(CCO)NC(=O)c1cc(Cl)ncc1N. The second-order valence-corrected chi connectivity index (χ2v) is 5.89. The highest BCUT2D eigenvalue weighted by atomic mass is 35.5. The van der Waals surface area contributed by atoms with Crippen molar-refractivity contribution in [1.29, 1.82) is 0 Å². The van der Waals surface area contributed by atoms with Crippen molar-refractivity contribution in [3.8, 4) is 0 Å². The number of pyridine rings is 1. The Labute approximate surface area is 118 Å². The largest absolute Gasteiger partial charge is 0.397 e. The maximum Gasteiger partial charge on any atom is 0.253 e. The van der Waals surface area contributed by atoms with Gasteiger partial charge in [0.25, 0.3) is 5.91 Å². The van der Waals surface area contributed by atoms with Gasteiger partial charge in [-0.05, 0) is 17.9 Å². The molecule has 0 saturated heterocycles. The minimum atomic E-state index is -0.310. The van der Waals surface area contributed by atoms with E-state index in [0.717, 1.165) is 0 Å². The summed E-state index contributed by atoms with van der Waals surface area (Å²) in [6, 6.07) is 1.28. The van der Waals surface area contributed by atoms with Crippen LogP contribution in [0.25, 0.3) is 0 Å². The summed E-state index contributed by atoms with van der Waals surface area (Å²) in [5, 5.41) is 12.2. The quantitative estimate of drug-likeness (QED) is 0.737. The molecule has 1 aromatic heterocycles. The van der Waals surface area contributed by atoms with Gasteiger partial charge in [-0.1, -0.05) is 32.4 Å². The van der Waals surface area contributed by atoms with Gasteiger partial charge in [-0.3, -0.25) is 4.79 Å². The Morgan fingerprint density at radius 2 is 2.21 bits per heavy atom. The fraction of sp³-hybridized carbons (Fsp3) is 0.538. The molecule has 1 aromatic rings. The van der Waals surface area contributed by atoms with E-state index in [1.54, 1.807) is 0 Å². The molecule has 1 heterocycles. The van der Waals surface area contributed by atoms with Gasteiger partial charge in [0.15, 0.2) is 0 Å². The van der Waals surface area contributed by atoms with Crippen molar-refractivity contribution < 1.29 is 9.90 Å². The summed E-state index contributed by atoms with van der Waals surface area (Å²) in [4.78, 5) is 16.0. The minimum Gasteiger partial charge on any atom is -0.397 e. The number of nitrogens with one attached hydrogen (secondary N) is 1. The lowest BCUT2D eigenvalue weighted by atomic mass is 9.84. The Bertz CT molecular complexity index is 458. The molecule has 0 aliphatic carbocycles. The second kappa shape index (κ2) is 6.21. The van der Waals surface area contributed by atoms with Crippen LogP contribution in [0, 0.1) is 5.41 Å². The molecule has 5 nitrogen and oxygen atoms in total. The third-order valence-electron chi connectivity index (χ3n) is 2.91. The number of amides is 1. The normalized spacial score (nSPS) is 13.1. The Hall–Kier alpha value is -1.33. The van der Waals surface area contributed by atoms with Crippen LogP contribution in [0.5, 0.6) is 0 Å². The van der Waals surface area contributed by atoms with Crippen LogP contribution in [0.3, 0.4) is 0 Å². The molecule has 0 saturated carbocycles. The maximum absolute atomic E-state index is 12.2. The number of anilines is 1. The number of hydrogen-bond acceptors (Lipinski definition) is 4. The lowest BCUT2D eigenvalue weighted by Gasteiger charge is -2.31. The number of nitrogens with zero attached hydrogens (tertiary/aromatic N) is 1. The van der Waals surface area contributed by atoms with Gasteiger partial charge < -0.3 is 16.2 Å². The van der Waals surface area contributed by atoms with E-state index >= 15 is 0 Å². The van der Waals surface area contributed by atoms with Gasteiger partial charge in [-0.2, -0.15) is 0 Å².